The summed E-state index contributed by atoms with van der Waals surface area (Å²) in [5.41, 5.74) is 1.21. The first-order valence-corrected chi connectivity index (χ1v) is 8.23. The van der Waals surface area contributed by atoms with Crippen LogP contribution in [0.25, 0.3) is 0 Å². The van der Waals surface area contributed by atoms with Gasteiger partial charge >= 0.3 is 0 Å². The molecule has 2 nitrogen and oxygen atoms in total. The second-order valence-corrected chi connectivity index (χ2v) is 6.65. The molecule has 2 aliphatic rings. The maximum Gasteiger partial charge on any atom is 0.123 e. The molecule has 1 aromatic carbocycles. The van der Waals surface area contributed by atoms with Crippen LogP contribution in [0.1, 0.15) is 24.3 Å². The van der Waals surface area contributed by atoms with Gasteiger partial charge in [-0.1, -0.05) is 18.2 Å². The maximum absolute atomic E-state index is 13.2. The third-order valence-electron chi connectivity index (χ3n) is 4.39. The van der Waals surface area contributed by atoms with Gasteiger partial charge in [-0.25, -0.2) is 4.39 Å². The number of hydrogen-bond donors (Lipinski definition) is 0. The molecule has 112 valence electrons. The SMILES string of the molecule is Fc1ccc(C(C2CCOCC2)[C@H]2C=C(Br)C=NC2)cc1. The van der Waals surface area contributed by atoms with E-state index >= 15 is 0 Å². The molecule has 2 heterocycles. The number of hydrogen-bond acceptors (Lipinski definition) is 2. The third kappa shape index (κ3) is 3.61. The molecule has 1 saturated heterocycles. The van der Waals surface area contributed by atoms with Gasteiger partial charge in [0.05, 0.1) is 0 Å². The van der Waals surface area contributed by atoms with Crippen LogP contribution in [0.3, 0.4) is 0 Å². The highest BCUT2D eigenvalue weighted by atomic mass is 79.9. The lowest BCUT2D eigenvalue weighted by atomic mass is 9.73. The van der Waals surface area contributed by atoms with E-state index in [2.05, 4.69) is 27.0 Å². The summed E-state index contributed by atoms with van der Waals surface area (Å²) < 4.78 is 19.8. The lowest BCUT2D eigenvalue weighted by Crippen LogP contribution is -2.29. The summed E-state index contributed by atoms with van der Waals surface area (Å²) in [7, 11) is 0. The Balaban J connectivity index is 1.90. The van der Waals surface area contributed by atoms with Crippen molar-refractivity contribution in [2.24, 2.45) is 16.8 Å². The summed E-state index contributed by atoms with van der Waals surface area (Å²) in [6.45, 7) is 2.45. The van der Waals surface area contributed by atoms with E-state index in [9.17, 15) is 4.39 Å². The van der Waals surface area contributed by atoms with E-state index < -0.39 is 0 Å². The second kappa shape index (κ2) is 6.84. The molecule has 2 atom stereocenters. The van der Waals surface area contributed by atoms with Crippen LogP contribution in [0.2, 0.25) is 0 Å². The van der Waals surface area contributed by atoms with Crippen molar-refractivity contribution in [3.05, 3.63) is 46.2 Å². The number of nitrogens with zero attached hydrogens (tertiary/aromatic N) is 1. The largest absolute Gasteiger partial charge is 0.381 e. The molecule has 0 amide bonds. The van der Waals surface area contributed by atoms with Crippen LogP contribution < -0.4 is 0 Å². The van der Waals surface area contributed by atoms with Gasteiger partial charge in [-0.05, 0) is 58.3 Å². The van der Waals surface area contributed by atoms with Crippen LogP contribution in [-0.4, -0.2) is 26.0 Å². The van der Waals surface area contributed by atoms with Crippen molar-refractivity contribution in [1.82, 2.24) is 0 Å². The van der Waals surface area contributed by atoms with E-state index in [0.717, 1.165) is 37.1 Å². The van der Waals surface area contributed by atoms with E-state index in [1.807, 2.05) is 18.3 Å². The van der Waals surface area contributed by atoms with Gasteiger partial charge in [0.15, 0.2) is 0 Å². The Kier molecular flexibility index (Phi) is 4.86. The molecule has 4 heteroatoms. The number of benzene rings is 1. The minimum Gasteiger partial charge on any atom is -0.381 e. The highest BCUT2D eigenvalue weighted by Gasteiger charge is 2.31. The molecular formula is C17H19BrFNO. The van der Waals surface area contributed by atoms with Crippen molar-refractivity contribution < 1.29 is 9.13 Å². The fraction of sp³-hybridized carbons (Fsp3) is 0.471. The Hall–Kier alpha value is -1.00. The zero-order valence-electron chi connectivity index (χ0n) is 11.8. The van der Waals surface area contributed by atoms with Crippen molar-refractivity contribution in [3.8, 4) is 0 Å². The summed E-state index contributed by atoms with van der Waals surface area (Å²) in [6, 6.07) is 6.98. The van der Waals surface area contributed by atoms with Crippen molar-refractivity contribution in [3.63, 3.8) is 0 Å². The molecule has 0 radical (unpaired) electrons. The van der Waals surface area contributed by atoms with Gasteiger partial charge < -0.3 is 4.74 Å². The molecule has 0 aromatic heterocycles. The smallest absolute Gasteiger partial charge is 0.123 e. The number of halogens is 2. The Bertz CT molecular complexity index is 534. The van der Waals surface area contributed by atoms with Gasteiger partial charge in [0.25, 0.3) is 0 Å². The summed E-state index contributed by atoms with van der Waals surface area (Å²) in [5, 5.41) is 0. The molecule has 3 rings (SSSR count). The molecule has 1 fully saturated rings. The average Bonchev–Trinajstić information content (AvgIpc) is 2.51. The quantitative estimate of drug-likeness (QED) is 0.794. The average molecular weight is 352 g/mol. The summed E-state index contributed by atoms with van der Waals surface area (Å²) in [4.78, 5) is 4.45. The number of allylic oxidation sites excluding steroid dienone is 1. The number of rotatable bonds is 3. The topological polar surface area (TPSA) is 21.6 Å². The molecule has 0 aliphatic carbocycles. The van der Waals surface area contributed by atoms with Gasteiger partial charge in [0, 0.05) is 36.4 Å². The van der Waals surface area contributed by atoms with Crippen LogP contribution in [0.4, 0.5) is 4.39 Å². The van der Waals surface area contributed by atoms with Gasteiger partial charge in [0.2, 0.25) is 0 Å². The van der Waals surface area contributed by atoms with Gasteiger partial charge in [-0.15, -0.1) is 0 Å². The van der Waals surface area contributed by atoms with Gasteiger partial charge in [-0.2, -0.15) is 0 Å². The molecule has 0 bridgehead atoms. The van der Waals surface area contributed by atoms with Crippen LogP contribution in [-0.2, 0) is 4.74 Å². The van der Waals surface area contributed by atoms with E-state index in [-0.39, 0.29) is 5.82 Å². The van der Waals surface area contributed by atoms with Crippen molar-refractivity contribution in [1.29, 1.82) is 0 Å². The normalized spacial score (nSPS) is 24.7. The molecule has 0 saturated carbocycles. The molecule has 1 aromatic rings. The Morgan fingerprint density at radius 3 is 2.57 bits per heavy atom. The third-order valence-corrected chi connectivity index (χ3v) is 4.86. The van der Waals surface area contributed by atoms with E-state index in [4.69, 9.17) is 4.74 Å². The Labute approximate surface area is 133 Å². The zero-order valence-corrected chi connectivity index (χ0v) is 13.4. The minimum absolute atomic E-state index is 0.178. The van der Waals surface area contributed by atoms with E-state index in [0.29, 0.717) is 17.8 Å². The first-order valence-electron chi connectivity index (χ1n) is 7.44. The van der Waals surface area contributed by atoms with Crippen molar-refractivity contribution >= 4 is 22.1 Å². The minimum atomic E-state index is -0.178. The maximum atomic E-state index is 13.2. The van der Waals surface area contributed by atoms with Crippen LogP contribution in [0.15, 0.2) is 39.8 Å². The first-order chi connectivity index (χ1) is 10.2. The van der Waals surface area contributed by atoms with Crippen LogP contribution in [0.5, 0.6) is 0 Å². The lowest BCUT2D eigenvalue weighted by Gasteiger charge is -2.35. The van der Waals surface area contributed by atoms with Gasteiger partial charge in [0.1, 0.15) is 5.82 Å². The van der Waals surface area contributed by atoms with Crippen LogP contribution in [0, 0.1) is 17.7 Å². The van der Waals surface area contributed by atoms with Gasteiger partial charge in [-0.3, -0.25) is 4.99 Å². The van der Waals surface area contributed by atoms with E-state index in [1.165, 1.54) is 5.56 Å². The fourth-order valence-corrected chi connectivity index (χ4v) is 3.89. The highest BCUT2D eigenvalue weighted by Crippen LogP contribution is 2.40. The predicted molar refractivity (Wildman–Crippen MR) is 86.5 cm³/mol. The highest BCUT2D eigenvalue weighted by molar-refractivity contribution is 9.12. The first kappa shape index (κ1) is 14.9. The van der Waals surface area contributed by atoms with Crippen molar-refractivity contribution in [2.75, 3.05) is 19.8 Å². The Morgan fingerprint density at radius 1 is 1.19 bits per heavy atom. The van der Waals surface area contributed by atoms with Crippen LogP contribution >= 0.6 is 15.9 Å². The summed E-state index contributed by atoms with van der Waals surface area (Å²) in [5.74, 6) is 1.12. The number of dihydropyridines is 1. The second-order valence-electron chi connectivity index (χ2n) is 5.74. The fourth-order valence-electron chi connectivity index (χ4n) is 3.41. The molecule has 1 unspecified atom stereocenters. The predicted octanol–water partition coefficient (Wildman–Crippen LogP) is 4.32. The monoisotopic (exact) mass is 351 g/mol. The summed E-state index contributed by atoms with van der Waals surface area (Å²) >= 11 is 3.53. The van der Waals surface area contributed by atoms with E-state index in [1.54, 1.807) is 12.1 Å². The molecule has 0 spiro atoms. The standard InChI is InChI=1S/C17H19BrFNO/c18-15-9-14(10-20-11-15)17(13-5-7-21-8-6-13)12-1-3-16(19)4-2-12/h1-4,9,11,13-14,17H,5-8,10H2/t14-,17?/m0/s1. The molecule has 2 aliphatic heterocycles. The molecular weight excluding hydrogens is 333 g/mol. The zero-order chi connectivity index (χ0) is 14.7. The molecule has 0 N–H and O–H groups in total. The molecule has 21 heavy (non-hydrogen) atoms. The number of ether oxygens (including phenoxy) is 1. The van der Waals surface area contributed by atoms with Crippen molar-refractivity contribution in [2.45, 2.75) is 18.8 Å². The lowest BCUT2D eigenvalue weighted by molar-refractivity contribution is 0.0531. The summed E-state index contributed by atoms with van der Waals surface area (Å²) in [6.07, 6.45) is 6.24. The number of aliphatic imine (C=N–C) groups is 1. The Morgan fingerprint density at radius 2 is 1.90 bits per heavy atom.